The van der Waals surface area contributed by atoms with Gasteiger partial charge < -0.3 is 10.2 Å². The van der Waals surface area contributed by atoms with Gasteiger partial charge in [0.2, 0.25) is 21.8 Å². The van der Waals surface area contributed by atoms with Crippen LogP contribution >= 0.6 is 0 Å². The van der Waals surface area contributed by atoms with Crippen molar-refractivity contribution in [1.29, 1.82) is 0 Å². The van der Waals surface area contributed by atoms with Crippen LogP contribution in [0.2, 0.25) is 0 Å². The molecule has 0 bridgehead atoms. The fourth-order valence-electron chi connectivity index (χ4n) is 3.49. The van der Waals surface area contributed by atoms with Crippen LogP contribution in [0.4, 0.5) is 10.1 Å². The summed E-state index contributed by atoms with van der Waals surface area (Å²) in [6.07, 6.45) is 1.61. The van der Waals surface area contributed by atoms with Gasteiger partial charge in [0.15, 0.2) is 0 Å². The van der Waals surface area contributed by atoms with Gasteiger partial charge in [-0.15, -0.1) is 0 Å². The number of amides is 2. The van der Waals surface area contributed by atoms with Crippen LogP contribution in [0.15, 0.2) is 48.5 Å². The molecule has 9 heteroatoms. The van der Waals surface area contributed by atoms with Crippen LogP contribution in [0.1, 0.15) is 38.8 Å². The smallest absolute Gasteiger partial charge is 0.244 e. The van der Waals surface area contributed by atoms with E-state index in [-0.39, 0.29) is 18.0 Å². The summed E-state index contributed by atoms with van der Waals surface area (Å²) in [6.45, 7) is 7.09. The average molecular weight is 492 g/mol. The van der Waals surface area contributed by atoms with Crippen molar-refractivity contribution in [2.45, 2.75) is 46.7 Å². The highest BCUT2D eigenvalue weighted by atomic mass is 32.2. The number of para-hydroxylation sites is 1. The Labute approximate surface area is 202 Å². The molecule has 34 heavy (non-hydrogen) atoms. The van der Waals surface area contributed by atoms with Crippen molar-refractivity contribution in [1.82, 2.24) is 10.2 Å². The van der Waals surface area contributed by atoms with Crippen LogP contribution in [0.5, 0.6) is 0 Å². The summed E-state index contributed by atoms with van der Waals surface area (Å²) in [4.78, 5) is 27.5. The highest BCUT2D eigenvalue weighted by molar-refractivity contribution is 7.92. The van der Waals surface area contributed by atoms with Crippen LogP contribution in [-0.4, -0.2) is 50.5 Å². The van der Waals surface area contributed by atoms with E-state index in [0.717, 1.165) is 16.1 Å². The van der Waals surface area contributed by atoms with Gasteiger partial charge in [-0.3, -0.25) is 13.9 Å². The molecule has 0 aliphatic rings. The number of hydrogen-bond acceptors (Lipinski definition) is 4. The summed E-state index contributed by atoms with van der Waals surface area (Å²) in [5.74, 6) is -1.30. The SMILES string of the molecule is CCc1ccccc1N(CC(=O)N(Cc1ccccc1F)[C@H](C)C(=O)NCC(C)C)S(C)(=O)=O. The quantitative estimate of drug-likeness (QED) is 0.522. The molecule has 0 spiro atoms. The fourth-order valence-corrected chi connectivity index (χ4v) is 4.37. The number of nitrogens with one attached hydrogen (secondary N) is 1. The zero-order chi connectivity index (χ0) is 25.5. The third-order valence-corrected chi connectivity index (χ3v) is 6.60. The second kappa shape index (κ2) is 12.0. The minimum atomic E-state index is -3.82. The summed E-state index contributed by atoms with van der Waals surface area (Å²) in [5, 5.41) is 2.79. The lowest BCUT2D eigenvalue weighted by molar-refractivity contribution is -0.139. The molecule has 0 radical (unpaired) electrons. The summed E-state index contributed by atoms with van der Waals surface area (Å²) >= 11 is 0. The Kier molecular flexibility index (Phi) is 9.61. The van der Waals surface area contributed by atoms with Gasteiger partial charge in [-0.2, -0.15) is 0 Å². The molecular formula is C25H34FN3O4S. The summed E-state index contributed by atoms with van der Waals surface area (Å²) in [6, 6.07) is 12.0. The van der Waals surface area contributed by atoms with E-state index in [4.69, 9.17) is 0 Å². The van der Waals surface area contributed by atoms with Gasteiger partial charge in [0.1, 0.15) is 18.4 Å². The molecule has 0 unspecified atom stereocenters. The third-order valence-electron chi connectivity index (χ3n) is 5.47. The van der Waals surface area contributed by atoms with Crippen molar-refractivity contribution >= 4 is 27.5 Å². The number of sulfonamides is 1. The first-order valence-electron chi connectivity index (χ1n) is 11.3. The number of hydrogen-bond donors (Lipinski definition) is 1. The van der Waals surface area contributed by atoms with Crippen molar-refractivity contribution in [2.75, 3.05) is 23.7 Å². The van der Waals surface area contributed by atoms with Crippen LogP contribution in [-0.2, 0) is 32.6 Å². The zero-order valence-corrected chi connectivity index (χ0v) is 21.2. The molecule has 2 amide bonds. The van der Waals surface area contributed by atoms with Crippen molar-refractivity contribution in [3.8, 4) is 0 Å². The van der Waals surface area contributed by atoms with Gasteiger partial charge in [0.05, 0.1) is 11.9 Å². The molecule has 0 heterocycles. The number of benzene rings is 2. The Morgan fingerprint density at radius 3 is 2.15 bits per heavy atom. The number of nitrogens with zero attached hydrogens (tertiary/aromatic N) is 2. The predicted octanol–water partition coefficient (Wildman–Crippen LogP) is 3.34. The molecule has 0 fully saturated rings. The Bertz CT molecular complexity index is 1100. The Hall–Kier alpha value is -2.94. The second-order valence-corrected chi connectivity index (χ2v) is 10.6. The molecule has 1 N–H and O–H groups in total. The normalized spacial score (nSPS) is 12.3. The highest BCUT2D eigenvalue weighted by Gasteiger charge is 2.31. The average Bonchev–Trinajstić information content (AvgIpc) is 2.79. The van der Waals surface area contributed by atoms with E-state index in [0.29, 0.717) is 18.7 Å². The molecule has 2 rings (SSSR count). The lowest BCUT2D eigenvalue weighted by atomic mass is 10.1. The van der Waals surface area contributed by atoms with Gasteiger partial charge in [0, 0.05) is 18.7 Å². The van der Waals surface area contributed by atoms with E-state index < -0.39 is 40.2 Å². The fraction of sp³-hybridized carbons (Fsp3) is 0.440. The molecule has 0 aromatic heterocycles. The second-order valence-electron chi connectivity index (χ2n) is 8.68. The maximum atomic E-state index is 14.4. The van der Waals surface area contributed by atoms with E-state index in [1.807, 2.05) is 20.8 Å². The molecule has 1 atom stereocenters. The zero-order valence-electron chi connectivity index (χ0n) is 20.4. The largest absolute Gasteiger partial charge is 0.354 e. The standard InChI is InChI=1S/C25H34FN3O4S/c1-6-20-11-8-10-14-23(20)29(34(5,32)33)17-24(30)28(16-21-12-7-9-13-22(21)26)19(4)25(31)27-15-18(2)3/h7-14,18-19H,6,15-17H2,1-5H3,(H,27,31)/t19-/m1/s1. The summed E-state index contributed by atoms with van der Waals surface area (Å²) in [5.41, 5.74) is 1.41. The maximum Gasteiger partial charge on any atom is 0.244 e. The molecule has 2 aromatic carbocycles. The lowest BCUT2D eigenvalue weighted by Crippen LogP contribution is -2.51. The van der Waals surface area contributed by atoms with Crippen LogP contribution in [0, 0.1) is 11.7 Å². The van der Waals surface area contributed by atoms with E-state index in [1.165, 1.54) is 23.1 Å². The van der Waals surface area contributed by atoms with Crippen molar-refractivity contribution in [2.24, 2.45) is 5.92 Å². The molecule has 7 nitrogen and oxygen atoms in total. The van der Waals surface area contributed by atoms with E-state index >= 15 is 0 Å². The first-order valence-corrected chi connectivity index (χ1v) is 13.2. The number of rotatable bonds is 11. The minimum Gasteiger partial charge on any atom is -0.354 e. The number of carbonyl (C=O) groups is 2. The van der Waals surface area contributed by atoms with Gasteiger partial charge in [0.25, 0.3) is 0 Å². The molecule has 186 valence electrons. The van der Waals surface area contributed by atoms with E-state index in [1.54, 1.807) is 37.3 Å². The number of halogens is 1. The Morgan fingerprint density at radius 1 is 1.00 bits per heavy atom. The predicted molar refractivity (Wildman–Crippen MR) is 132 cm³/mol. The Morgan fingerprint density at radius 2 is 1.59 bits per heavy atom. The van der Waals surface area contributed by atoms with Gasteiger partial charge >= 0.3 is 0 Å². The molecule has 0 aliphatic heterocycles. The molecule has 0 saturated carbocycles. The molecule has 0 aliphatic carbocycles. The van der Waals surface area contributed by atoms with Crippen molar-refractivity contribution < 1.29 is 22.4 Å². The first kappa shape index (κ1) is 27.3. The number of aryl methyl sites for hydroxylation is 1. The van der Waals surface area contributed by atoms with Crippen LogP contribution < -0.4 is 9.62 Å². The van der Waals surface area contributed by atoms with Crippen LogP contribution in [0.25, 0.3) is 0 Å². The first-order chi connectivity index (χ1) is 16.0. The minimum absolute atomic E-state index is 0.172. The van der Waals surface area contributed by atoms with E-state index in [9.17, 15) is 22.4 Å². The molecule has 0 saturated heterocycles. The van der Waals surface area contributed by atoms with Crippen molar-refractivity contribution in [3.63, 3.8) is 0 Å². The van der Waals surface area contributed by atoms with E-state index in [2.05, 4.69) is 5.32 Å². The lowest BCUT2D eigenvalue weighted by Gasteiger charge is -2.32. The van der Waals surface area contributed by atoms with Crippen LogP contribution in [0.3, 0.4) is 0 Å². The Balaban J connectivity index is 2.42. The summed E-state index contributed by atoms with van der Waals surface area (Å²) in [7, 11) is -3.82. The highest BCUT2D eigenvalue weighted by Crippen LogP contribution is 2.24. The summed E-state index contributed by atoms with van der Waals surface area (Å²) < 4.78 is 40.8. The van der Waals surface area contributed by atoms with Gasteiger partial charge in [-0.1, -0.05) is 57.2 Å². The number of carbonyl (C=O) groups excluding carboxylic acids is 2. The topological polar surface area (TPSA) is 86.8 Å². The van der Waals surface area contributed by atoms with Gasteiger partial charge in [-0.25, -0.2) is 12.8 Å². The van der Waals surface area contributed by atoms with Crippen molar-refractivity contribution in [3.05, 3.63) is 65.5 Å². The molecule has 2 aromatic rings. The maximum absolute atomic E-state index is 14.4. The molecular weight excluding hydrogens is 457 g/mol. The number of anilines is 1. The van der Waals surface area contributed by atoms with Gasteiger partial charge in [-0.05, 0) is 37.0 Å². The third kappa shape index (κ3) is 7.28. The monoisotopic (exact) mass is 491 g/mol.